The molecular formula is C12H17NO. The summed E-state index contributed by atoms with van der Waals surface area (Å²) in [4.78, 5) is 4.11. The van der Waals surface area contributed by atoms with Crippen LogP contribution in [0.3, 0.4) is 0 Å². The van der Waals surface area contributed by atoms with Gasteiger partial charge in [-0.25, -0.2) is 0 Å². The van der Waals surface area contributed by atoms with E-state index in [0.29, 0.717) is 5.90 Å². The van der Waals surface area contributed by atoms with Gasteiger partial charge in [-0.1, -0.05) is 11.6 Å². The fraction of sp³-hybridized carbons (Fsp3) is 0.417. The summed E-state index contributed by atoms with van der Waals surface area (Å²) >= 11 is 0. The molecule has 14 heavy (non-hydrogen) atoms. The molecular weight excluding hydrogens is 174 g/mol. The first-order valence-electron chi connectivity index (χ1n) is 4.69. The normalized spacial score (nSPS) is 11.6. The highest BCUT2D eigenvalue weighted by atomic mass is 16.5. The smallest absolute Gasteiger partial charge is 0.215 e. The van der Waals surface area contributed by atoms with Gasteiger partial charge in [0, 0.05) is 12.6 Å². The molecule has 0 bridgehead atoms. The van der Waals surface area contributed by atoms with Gasteiger partial charge in [-0.05, 0) is 38.0 Å². The van der Waals surface area contributed by atoms with Crippen LogP contribution in [0.15, 0.2) is 17.1 Å². The number of hydrogen-bond donors (Lipinski definition) is 0. The fourth-order valence-electron chi connectivity index (χ4n) is 1.58. The predicted octanol–water partition coefficient (Wildman–Crippen LogP) is 2.63. The summed E-state index contributed by atoms with van der Waals surface area (Å²) in [7, 11) is 3.40. The van der Waals surface area contributed by atoms with Crippen LogP contribution < -0.4 is 0 Å². The molecule has 0 unspecified atom stereocenters. The summed E-state index contributed by atoms with van der Waals surface area (Å²) in [6.45, 7) is 6.28. The lowest BCUT2D eigenvalue weighted by atomic mass is 10.00. The molecule has 76 valence electrons. The predicted molar refractivity (Wildman–Crippen MR) is 60.1 cm³/mol. The molecule has 0 fully saturated rings. The molecule has 0 aliphatic carbocycles. The molecule has 2 nitrogen and oxygen atoms in total. The maximum absolute atomic E-state index is 5.23. The van der Waals surface area contributed by atoms with Crippen molar-refractivity contribution in [3.05, 3.63) is 34.4 Å². The van der Waals surface area contributed by atoms with Gasteiger partial charge in [0.15, 0.2) is 0 Å². The zero-order chi connectivity index (χ0) is 10.7. The average molecular weight is 191 g/mol. The molecule has 0 saturated heterocycles. The maximum Gasteiger partial charge on any atom is 0.215 e. The Hall–Kier alpha value is -1.31. The van der Waals surface area contributed by atoms with Crippen molar-refractivity contribution in [3.8, 4) is 0 Å². The van der Waals surface area contributed by atoms with E-state index in [1.165, 1.54) is 16.7 Å². The lowest BCUT2D eigenvalue weighted by Crippen LogP contribution is -2.07. The van der Waals surface area contributed by atoms with Gasteiger partial charge in [0.2, 0.25) is 5.90 Å². The Morgan fingerprint density at radius 3 is 2.36 bits per heavy atom. The van der Waals surface area contributed by atoms with Gasteiger partial charge >= 0.3 is 0 Å². The van der Waals surface area contributed by atoms with Gasteiger partial charge < -0.3 is 4.74 Å². The Balaban J connectivity index is 3.33. The molecule has 0 aliphatic heterocycles. The van der Waals surface area contributed by atoms with Crippen LogP contribution in [-0.4, -0.2) is 20.1 Å². The fourth-order valence-corrected chi connectivity index (χ4v) is 1.58. The van der Waals surface area contributed by atoms with E-state index in [2.05, 4.69) is 37.9 Å². The van der Waals surface area contributed by atoms with Crippen LogP contribution in [0.4, 0.5) is 0 Å². The lowest BCUT2D eigenvalue weighted by molar-refractivity contribution is 0.403. The van der Waals surface area contributed by atoms with Crippen molar-refractivity contribution in [3.63, 3.8) is 0 Å². The number of nitrogens with zero attached hydrogens (tertiary/aromatic N) is 1. The van der Waals surface area contributed by atoms with Crippen molar-refractivity contribution < 1.29 is 4.74 Å². The highest BCUT2D eigenvalue weighted by Crippen LogP contribution is 2.17. The zero-order valence-electron chi connectivity index (χ0n) is 9.51. The van der Waals surface area contributed by atoms with Gasteiger partial charge in [0.25, 0.3) is 0 Å². The van der Waals surface area contributed by atoms with Crippen molar-refractivity contribution >= 4 is 5.90 Å². The van der Waals surface area contributed by atoms with Crippen LogP contribution in [0.25, 0.3) is 0 Å². The molecule has 0 aliphatic rings. The van der Waals surface area contributed by atoms with E-state index in [1.54, 1.807) is 14.2 Å². The summed E-state index contributed by atoms with van der Waals surface area (Å²) in [5, 5.41) is 0. The Morgan fingerprint density at radius 2 is 1.86 bits per heavy atom. The summed E-state index contributed by atoms with van der Waals surface area (Å²) in [6, 6.07) is 4.27. The van der Waals surface area contributed by atoms with Crippen LogP contribution in [-0.2, 0) is 4.74 Å². The standard InChI is InChI=1S/C12H17NO/c1-8-6-9(2)10(3)11(7-8)12(13-4)14-5/h6-7H,1-5H3. The minimum atomic E-state index is 0.703. The van der Waals surface area contributed by atoms with Gasteiger partial charge in [0.05, 0.1) is 7.11 Å². The number of aryl methyl sites for hydroxylation is 2. The van der Waals surface area contributed by atoms with Crippen molar-refractivity contribution in [1.29, 1.82) is 0 Å². The number of ether oxygens (including phenoxy) is 1. The first kappa shape index (κ1) is 10.8. The molecule has 0 aromatic heterocycles. The summed E-state index contributed by atoms with van der Waals surface area (Å²) in [6.07, 6.45) is 0. The topological polar surface area (TPSA) is 21.6 Å². The summed E-state index contributed by atoms with van der Waals surface area (Å²) in [5.41, 5.74) is 4.84. The van der Waals surface area contributed by atoms with E-state index in [9.17, 15) is 0 Å². The second-order valence-electron chi connectivity index (χ2n) is 3.49. The summed E-state index contributed by atoms with van der Waals surface area (Å²) in [5.74, 6) is 0.703. The molecule has 0 radical (unpaired) electrons. The van der Waals surface area contributed by atoms with Crippen molar-refractivity contribution in [2.24, 2.45) is 4.99 Å². The third-order valence-electron chi connectivity index (χ3n) is 2.44. The first-order chi connectivity index (χ1) is 6.60. The molecule has 2 heteroatoms. The number of rotatable bonds is 1. The molecule has 0 heterocycles. The van der Waals surface area contributed by atoms with E-state index >= 15 is 0 Å². The van der Waals surface area contributed by atoms with E-state index in [0.717, 1.165) is 5.56 Å². The molecule has 1 rings (SSSR count). The van der Waals surface area contributed by atoms with Crippen molar-refractivity contribution in [2.75, 3.05) is 14.2 Å². The number of benzene rings is 1. The van der Waals surface area contributed by atoms with E-state index < -0.39 is 0 Å². The van der Waals surface area contributed by atoms with E-state index in [1.807, 2.05) is 0 Å². The van der Waals surface area contributed by atoms with Gasteiger partial charge in [0.1, 0.15) is 0 Å². The zero-order valence-corrected chi connectivity index (χ0v) is 9.51. The monoisotopic (exact) mass is 191 g/mol. The minimum absolute atomic E-state index is 0.703. The van der Waals surface area contributed by atoms with E-state index in [4.69, 9.17) is 4.74 Å². The van der Waals surface area contributed by atoms with Crippen molar-refractivity contribution in [1.82, 2.24) is 0 Å². The largest absolute Gasteiger partial charge is 0.481 e. The van der Waals surface area contributed by atoms with Gasteiger partial charge in [-0.15, -0.1) is 0 Å². The van der Waals surface area contributed by atoms with Crippen LogP contribution >= 0.6 is 0 Å². The number of methoxy groups -OCH3 is 1. The average Bonchev–Trinajstić information content (AvgIpc) is 2.15. The second kappa shape index (κ2) is 4.27. The van der Waals surface area contributed by atoms with Crippen LogP contribution in [0.1, 0.15) is 22.3 Å². The number of hydrogen-bond acceptors (Lipinski definition) is 2. The third-order valence-corrected chi connectivity index (χ3v) is 2.44. The first-order valence-corrected chi connectivity index (χ1v) is 4.69. The molecule has 0 amide bonds. The molecule has 0 N–H and O–H groups in total. The second-order valence-corrected chi connectivity index (χ2v) is 3.49. The maximum atomic E-state index is 5.23. The molecule has 1 aromatic carbocycles. The summed E-state index contributed by atoms with van der Waals surface area (Å²) < 4.78 is 5.23. The van der Waals surface area contributed by atoms with Crippen LogP contribution in [0.5, 0.6) is 0 Å². The molecule has 0 spiro atoms. The third kappa shape index (κ3) is 1.95. The van der Waals surface area contributed by atoms with Crippen molar-refractivity contribution in [2.45, 2.75) is 20.8 Å². The van der Waals surface area contributed by atoms with Crippen LogP contribution in [0, 0.1) is 20.8 Å². The molecule has 0 saturated carbocycles. The highest BCUT2D eigenvalue weighted by molar-refractivity contribution is 5.95. The lowest BCUT2D eigenvalue weighted by Gasteiger charge is -2.11. The molecule has 1 aromatic rings. The Bertz CT molecular complexity index is 367. The van der Waals surface area contributed by atoms with E-state index in [-0.39, 0.29) is 0 Å². The Labute approximate surface area is 85.6 Å². The number of aliphatic imine (C=N–C) groups is 1. The van der Waals surface area contributed by atoms with Gasteiger partial charge in [-0.2, -0.15) is 0 Å². The quantitative estimate of drug-likeness (QED) is 0.494. The highest BCUT2D eigenvalue weighted by Gasteiger charge is 2.08. The van der Waals surface area contributed by atoms with Gasteiger partial charge in [-0.3, -0.25) is 4.99 Å². The van der Waals surface area contributed by atoms with Crippen LogP contribution in [0.2, 0.25) is 0 Å². The molecule has 0 atom stereocenters. The Morgan fingerprint density at radius 1 is 1.21 bits per heavy atom. The SMILES string of the molecule is CN=C(OC)c1cc(C)cc(C)c1C. The Kier molecular flexibility index (Phi) is 3.28. The minimum Gasteiger partial charge on any atom is -0.481 e.